The van der Waals surface area contributed by atoms with Crippen molar-refractivity contribution in [3.05, 3.63) is 77.1 Å². The van der Waals surface area contributed by atoms with Crippen LogP contribution in [0.2, 0.25) is 0 Å². The molecule has 3 aromatic carbocycles. The highest BCUT2D eigenvalue weighted by atomic mass is 32.1. The number of fused-ring (bicyclic) bond motifs is 3. The fourth-order valence-electron chi connectivity index (χ4n) is 3.15. The van der Waals surface area contributed by atoms with Crippen molar-refractivity contribution in [1.82, 2.24) is 4.57 Å². The van der Waals surface area contributed by atoms with Gasteiger partial charge in [-0.1, -0.05) is 72.0 Å². The molecule has 0 aliphatic carbocycles. The van der Waals surface area contributed by atoms with Crippen molar-refractivity contribution >= 4 is 44.2 Å². The fraction of sp³-hybridized carbons (Fsp3) is 0.136. The molecule has 28 heavy (non-hydrogen) atoms. The number of rotatable bonds is 4. The van der Waals surface area contributed by atoms with Crippen LogP contribution in [0.15, 0.2) is 71.7 Å². The third-order valence-electron chi connectivity index (χ3n) is 4.51. The monoisotopic (exact) mass is 390 g/mol. The summed E-state index contributed by atoms with van der Waals surface area (Å²) in [5.74, 6) is -0.634. The van der Waals surface area contributed by atoms with E-state index in [-0.39, 0.29) is 24.8 Å². The molecule has 1 heterocycles. The predicted octanol–water partition coefficient (Wildman–Crippen LogP) is 3.70. The average molecular weight is 390 g/mol. The Morgan fingerprint density at radius 3 is 2.54 bits per heavy atom. The summed E-state index contributed by atoms with van der Waals surface area (Å²) in [4.78, 5) is 29.3. The summed E-state index contributed by atoms with van der Waals surface area (Å²) in [5.41, 5.74) is 1.77. The Labute approximate surface area is 165 Å². The SMILES string of the molecule is COC(=O)Cn1c(=NC(=O)Cc2ccccc2)sc2c3ccccc3ccc21. The Bertz CT molecular complexity index is 1240. The molecule has 0 N–H and O–H groups in total. The number of aromatic nitrogens is 1. The summed E-state index contributed by atoms with van der Waals surface area (Å²) in [5, 5.41) is 2.17. The zero-order valence-corrected chi connectivity index (χ0v) is 16.1. The molecule has 4 rings (SSSR count). The standard InChI is InChI=1S/C22H18N2O3S/c1-27-20(26)14-24-18-12-11-16-9-5-6-10-17(16)21(18)28-22(24)23-19(25)13-15-7-3-2-4-8-15/h2-12H,13-14H2,1H3. The fourth-order valence-corrected chi connectivity index (χ4v) is 4.33. The molecule has 0 aliphatic heterocycles. The molecule has 4 aromatic rings. The number of thiazole rings is 1. The largest absolute Gasteiger partial charge is 0.468 e. The van der Waals surface area contributed by atoms with Crippen molar-refractivity contribution in [2.45, 2.75) is 13.0 Å². The summed E-state index contributed by atoms with van der Waals surface area (Å²) in [6, 6.07) is 21.5. The Morgan fingerprint density at radius 1 is 1.00 bits per heavy atom. The van der Waals surface area contributed by atoms with E-state index in [1.807, 2.05) is 66.7 Å². The maximum Gasteiger partial charge on any atom is 0.325 e. The number of benzene rings is 3. The molecule has 1 amide bonds. The van der Waals surface area contributed by atoms with Crippen LogP contribution in [0, 0.1) is 0 Å². The minimum absolute atomic E-state index is 0.00624. The summed E-state index contributed by atoms with van der Waals surface area (Å²) < 4.78 is 7.58. The topological polar surface area (TPSA) is 60.7 Å². The number of nitrogens with zero attached hydrogens (tertiary/aromatic N) is 2. The molecule has 0 saturated carbocycles. The number of esters is 1. The van der Waals surface area contributed by atoms with Crippen LogP contribution in [-0.2, 0) is 27.3 Å². The lowest BCUT2D eigenvalue weighted by Gasteiger charge is -2.04. The molecule has 140 valence electrons. The van der Waals surface area contributed by atoms with E-state index in [1.165, 1.54) is 18.4 Å². The smallest absolute Gasteiger partial charge is 0.325 e. The van der Waals surface area contributed by atoms with Crippen LogP contribution in [-0.4, -0.2) is 23.6 Å². The number of ether oxygens (including phenoxy) is 1. The second-order valence-corrected chi connectivity index (χ2v) is 7.33. The van der Waals surface area contributed by atoms with Gasteiger partial charge in [0.05, 0.1) is 23.7 Å². The summed E-state index contributed by atoms with van der Waals surface area (Å²) in [6.45, 7) is 0.00624. The van der Waals surface area contributed by atoms with E-state index in [0.29, 0.717) is 4.80 Å². The minimum atomic E-state index is -0.384. The van der Waals surface area contributed by atoms with E-state index in [2.05, 4.69) is 4.99 Å². The number of carbonyl (C=O) groups is 2. The number of hydrogen-bond donors (Lipinski definition) is 0. The third kappa shape index (κ3) is 3.59. The van der Waals surface area contributed by atoms with Crippen LogP contribution < -0.4 is 4.80 Å². The molecule has 0 spiro atoms. The maximum atomic E-state index is 12.5. The van der Waals surface area contributed by atoms with E-state index in [1.54, 1.807) is 4.57 Å². The highest BCUT2D eigenvalue weighted by Gasteiger charge is 2.14. The van der Waals surface area contributed by atoms with Crippen LogP contribution >= 0.6 is 11.3 Å². The molecular weight excluding hydrogens is 372 g/mol. The van der Waals surface area contributed by atoms with Gasteiger partial charge in [0, 0.05) is 5.39 Å². The second-order valence-electron chi connectivity index (χ2n) is 6.35. The molecule has 0 fully saturated rings. The molecular formula is C22H18N2O3S. The van der Waals surface area contributed by atoms with Gasteiger partial charge in [-0.3, -0.25) is 9.59 Å². The zero-order valence-electron chi connectivity index (χ0n) is 15.3. The summed E-state index contributed by atoms with van der Waals surface area (Å²) in [6.07, 6.45) is 0.216. The zero-order chi connectivity index (χ0) is 19.5. The van der Waals surface area contributed by atoms with Crippen molar-refractivity contribution in [3.63, 3.8) is 0 Å². The van der Waals surface area contributed by atoms with Gasteiger partial charge >= 0.3 is 5.97 Å². The van der Waals surface area contributed by atoms with Crippen LogP contribution in [0.4, 0.5) is 0 Å². The molecule has 5 nitrogen and oxygen atoms in total. The average Bonchev–Trinajstić information content (AvgIpc) is 3.06. The molecule has 6 heteroatoms. The molecule has 0 aliphatic rings. The Kier molecular flexibility index (Phi) is 5.04. The van der Waals surface area contributed by atoms with Gasteiger partial charge in [-0.05, 0) is 17.0 Å². The molecule has 0 radical (unpaired) electrons. The lowest BCUT2D eigenvalue weighted by atomic mass is 10.1. The number of methoxy groups -OCH3 is 1. The first-order valence-electron chi connectivity index (χ1n) is 8.85. The van der Waals surface area contributed by atoms with Gasteiger partial charge in [0.25, 0.3) is 5.91 Å². The van der Waals surface area contributed by atoms with Gasteiger partial charge in [0.1, 0.15) is 6.54 Å². The van der Waals surface area contributed by atoms with Crippen LogP contribution in [0.3, 0.4) is 0 Å². The Balaban J connectivity index is 1.85. The Morgan fingerprint density at radius 2 is 1.75 bits per heavy atom. The number of hydrogen-bond acceptors (Lipinski definition) is 4. The number of carbonyl (C=O) groups excluding carboxylic acids is 2. The molecule has 0 saturated heterocycles. The molecule has 1 aromatic heterocycles. The van der Waals surface area contributed by atoms with E-state index in [0.717, 1.165) is 26.6 Å². The molecule has 0 bridgehead atoms. The normalized spacial score (nSPS) is 11.8. The van der Waals surface area contributed by atoms with Gasteiger partial charge in [-0.25, -0.2) is 0 Å². The van der Waals surface area contributed by atoms with Crippen LogP contribution in [0.1, 0.15) is 5.56 Å². The van der Waals surface area contributed by atoms with Crippen molar-refractivity contribution in [2.75, 3.05) is 7.11 Å². The minimum Gasteiger partial charge on any atom is -0.468 e. The predicted molar refractivity (Wildman–Crippen MR) is 110 cm³/mol. The van der Waals surface area contributed by atoms with E-state index in [4.69, 9.17) is 4.74 Å². The quantitative estimate of drug-likeness (QED) is 0.499. The number of amides is 1. The third-order valence-corrected chi connectivity index (χ3v) is 5.63. The van der Waals surface area contributed by atoms with Gasteiger partial charge < -0.3 is 9.30 Å². The molecule has 0 atom stereocenters. The van der Waals surface area contributed by atoms with Crippen molar-refractivity contribution in [1.29, 1.82) is 0 Å². The second kappa shape index (κ2) is 7.78. The Hall–Kier alpha value is -3.25. The highest BCUT2D eigenvalue weighted by molar-refractivity contribution is 7.17. The lowest BCUT2D eigenvalue weighted by Crippen LogP contribution is -2.22. The molecule has 0 unspecified atom stereocenters. The van der Waals surface area contributed by atoms with Crippen LogP contribution in [0.25, 0.3) is 21.0 Å². The van der Waals surface area contributed by atoms with Crippen molar-refractivity contribution < 1.29 is 14.3 Å². The van der Waals surface area contributed by atoms with Gasteiger partial charge in [0.15, 0.2) is 4.80 Å². The maximum absolute atomic E-state index is 12.5. The van der Waals surface area contributed by atoms with Gasteiger partial charge in [0.2, 0.25) is 0 Å². The first-order chi connectivity index (χ1) is 13.7. The van der Waals surface area contributed by atoms with Crippen molar-refractivity contribution in [3.8, 4) is 0 Å². The van der Waals surface area contributed by atoms with E-state index >= 15 is 0 Å². The van der Waals surface area contributed by atoms with E-state index in [9.17, 15) is 9.59 Å². The first kappa shape index (κ1) is 18.1. The van der Waals surface area contributed by atoms with Crippen LogP contribution in [0.5, 0.6) is 0 Å². The van der Waals surface area contributed by atoms with E-state index < -0.39 is 0 Å². The van der Waals surface area contributed by atoms with Crippen molar-refractivity contribution in [2.24, 2.45) is 4.99 Å². The summed E-state index contributed by atoms with van der Waals surface area (Å²) >= 11 is 1.41. The first-order valence-corrected chi connectivity index (χ1v) is 9.67. The summed E-state index contributed by atoms with van der Waals surface area (Å²) in [7, 11) is 1.35. The highest BCUT2D eigenvalue weighted by Crippen LogP contribution is 2.27. The van der Waals surface area contributed by atoms with Gasteiger partial charge in [-0.2, -0.15) is 4.99 Å². The lowest BCUT2D eigenvalue weighted by molar-refractivity contribution is -0.141. The van der Waals surface area contributed by atoms with Gasteiger partial charge in [-0.15, -0.1) is 0 Å².